The van der Waals surface area contributed by atoms with Crippen LogP contribution >= 0.6 is 0 Å². The predicted molar refractivity (Wildman–Crippen MR) is 45.5 cm³/mol. The van der Waals surface area contributed by atoms with Gasteiger partial charge in [0.05, 0.1) is 17.6 Å². The van der Waals surface area contributed by atoms with Crippen LogP contribution in [0.4, 0.5) is 4.39 Å². The molecule has 0 aliphatic heterocycles. The number of halogens is 1. The fourth-order valence-corrected chi connectivity index (χ4v) is 1.10. The molecule has 1 heterocycles. The minimum atomic E-state index is -2.47. The highest BCUT2D eigenvalue weighted by molar-refractivity contribution is 7.73. The smallest absolute Gasteiger partial charge is 0.159 e. The third-order valence-corrected chi connectivity index (χ3v) is 2.41. The lowest BCUT2D eigenvalue weighted by Crippen LogP contribution is -2.10. The summed E-state index contributed by atoms with van der Waals surface area (Å²) in [6, 6.07) is 0. The van der Waals surface area contributed by atoms with Crippen LogP contribution in [-0.2, 0) is 17.1 Å². The fourth-order valence-electron chi connectivity index (χ4n) is 0.783. The molecule has 0 aliphatic carbocycles. The second kappa shape index (κ2) is 4.27. The summed E-state index contributed by atoms with van der Waals surface area (Å²) in [6.07, 6.45) is 2.26. The molecule has 0 radical (unpaired) electrons. The molecular weight excluding hydrogens is 195 g/mol. The van der Waals surface area contributed by atoms with E-state index in [2.05, 4.69) is 9.97 Å². The summed E-state index contributed by atoms with van der Waals surface area (Å²) in [6.45, 7) is 1.55. The Morgan fingerprint density at radius 2 is 2.00 bits per heavy atom. The van der Waals surface area contributed by atoms with Gasteiger partial charge in [-0.15, -0.1) is 0 Å². The quantitative estimate of drug-likeness (QED) is 0.712. The van der Waals surface area contributed by atoms with Gasteiger partial charge in [0.15, 0.2) is 5.82 Å². The molecule has 1 aromatic rings. The monoisotopic (exact) mass is 204 g/mol. The first-order chi connectivity index (χ1) is 6.09. The van der Waals surface area contributed by atoms with E-state index in [1.165, 1.54) is 0 Å². The number of hydrogen-bond acceptors (Lipinski definition) is 4. The van der Waals surface area contributed by atoms with Crippen molar-refractivity contribution in [3.63, 3.8) is 0 Å². The number of thiol groups is 1. The molecule has 0 unspecified atom stereocenters. The van der Waals surface area contributed by atoms with Crippen molar-refractivity contribution in [1.82, 2.24) is 9.97 Å². The second-order valence-electron chi connectivity index (χ2n) is 2.66. The highest BCUT2D eigenvalue weighted by atomic mass is 32.2. The van der Waals surface area contributed by atoms with Crippen molar-refractivity contribution in [3.8, 4) is 0 Å². The molecule has 0 spiro atoms. The number of nitrogens with zero attached hydrogens (tertiary/aromatic N) is 2. The van der Waals surface area contributed by atoms with E-state index in [-0.39, 0.29) is 6.42 Å². The van der Waals surface area contributed by atoms with Crippen molar-refractivity contribution < 1.29 is 12.8 Å². The van der Waals surface area contributed by atoms with Crippen LogP contribution in [-0.4, -0.2) is 23.6 Å². The van der Waals surface area contributed by atoms with Gasteiger partial charge in [-0.3, -0.25) is 0 Å². The molecule has 72 valence electrons. The molecule has 1 atom stereocenters. The van der Waals surface area contributed by atoms with Crippen molar-refractivity contribution in [2.45, 2.75) is 18.6 Å². The first kappa shape index (κ1) is 10.0. The lowest BCUT2D eigenvalue weighted by molar-refractivity contribution is 0.595. The van der Waals surface area contributed by atoms with Gasteiger partial charge >= 0.3 is 0 Å². The molecule has 1 rings (SSSR count). The molecule has 13 heavy (non-hydrogen) atoms. The first-order valence-electron chi connectivity index (χ1n) is 3.69. The molecule has 6 heteroatoms. The Hall–Kier alpha value is -1.04. The van der Waals surface area contributed by atoms with Crippen LogP contribution in [0.25, 0.3) is 0 Å². The van der Waals surface area contributed by atoms with Gasteiger partial charge in [0.2, 0.25) is 0 Å². The Kier molecular flexibility index (Phi) is 3.30. The maximum absolute atomic E-state index is 12.3. The fraction of sp³-hybridized carbons (Fsp3) is 0.429. The number of aromatic nitrogens is 2. The van der Waals surface area contributed by atoms with Crippen LogP contribution in [0.15, 0.2) is 12.4 Å². The molecule has 1 aromatic heterocycles. The average molecular weight is 204 g/mol. The Labute approximate surface area is 76.8 Å². The number of hydrogen-bond donors (Lipinski definition) is 1. The zero-order valence-electron chi connectivity index (χ0n) is 6.98. The van der Waals surface area contributed by atoms with Gasteiger partial charge in [-0.05, 0) is 6.92 Å². The van der Waals surface area contributed by atoms with Gasteiger partial charge in [0, 0.05) is 6.42 Å². The van der Waals surface area contributed by atoms with Gasteiger partial charge < -0.3 is 0 Å². The van der Waals surface area contributed by atoms with Crippen LogP contribution in [0.3, 0.4) is 0 Å². The molecule has 0 N–H and O–H groups in total. The summed E-state index contributed by atoms with van der Waals surface area (Å²) in [4.78, 5) is 7.29. The summed E-state index contributed by atoms with van der Waals surface area (Å²) >= 11 is 0. The summed E-state index contributed by atoms with van der Waals surface area (Å²) in [5.41, 5.74) is 0. The van der Waals surface area contributed by atoms with Gasteiger partial charge in [0.1, 0.15) is 16.5 Å². The standard InChI is InChI=1S/C7H9FN2O2S/c1-5(13(11)12)2-7-9-3-6(8)4-10-7/h3-5,13H,2H2,1H3/t5-/m1/s1. The Morgan fingerprint density at radius 3 is 2.46 bits per heavy atom. The number of rotatable bonds is 3. The summed E-state index contributed by atoms with van der Waals surface area (Å²) < 4.78 is 33.3. The van der Waals surface area contributed by atoms with E-state index < -0.39 is 21.8 Å². The van der Waals surface area contributed by atoms with Crippen LogP contribution in [0, 0.1) is 5.82 Å². The van der Waals surface area contributed by atoms with E-state index in [0.29, 0.717) is 5.82 Å². The van der Waals surface area contributed by atoms with Crippen molar-refractivity contribution >= 4 is 10.7 Å². The predicted octanol–water partition coefficient (Wildman–Crippen LogP) is 0.158. The molecule has 4 nitrogen and oxygen atoms in total. The van der Waals surface area contributed by atoms with Crippen molar-refractivity contribution in [2.24, 2.45) is 0 Å². The van der Waals surface area contributed by atoms with Gasteiger partial charge in [-0.1, -0.05) is 0 Å². The van der Waals surface area contributed by atoms with E-state index in [1.54, 1.807) is 6.92 Å². The summed E-state index contributed by atoms with van der Waals surface area (Å²) in [5, 5.41) is -0.513. The Morgan fingerprint density at radius 1 is 1.46 bits per heavy atom. The van der Waals surface area contributed by atoms with Gasteiger partial charge in [-0.25, -0.2) is 22.8 Å². The molecule has 0 fully saturated rings. The highest BCUT2D eigenvalue weighted by Gasteiger charge is 2.07. The maximum Gasteiger partial charge on any atom is 0.159 e. The maximum atomic E-state index is 12.3. The third-order valence-electron chi connectivity index (χ3n) is 1.51. The average Bonchev–Trinajstić information content (AvgIpc) is 2.08. The zero-order valence-corrected chi connectivity index (χ0v) is 7.87. The molecule has 0 aromatic carbocycles. The molecule has 0 saturated carbocycles. The van der Waals surface area contributed by atoms with Crippen molar-refractivity contribution in [1.29, 1.82) is 0 Å². The van der Waals surface area contributed by atoms with E-state index in [0.717, 1.165) is 12.4 Å². The van der Waals surface area contributed by atoms with Crippen LogP contribution < -0.4 is 0 Å². The minimum absolute atomic E-state index is 0.221. The van der Waals surface area contributed by atoms with E-state index in [1.807, 2.05) is 0 Å². The van der Waals surface area contributed by atoms with Crippen LogP contribution in [0.1, 0.15) is 12.7 Å². The lowest BCUT2D eigenvalue weighted by Gasteiger charge is -2.00. The summed E-state index contributed by atoms with van der Waals surface area (Å²) in [7, 11) is -2.47. The third kappa shape index (κ3) is 3.06. The first-order valence-corrected chi connectivity index (χ1v) is 4.94. The Bertz CT molecular complexity index is 342. The molecule has 0 bridgehead atoms. The highest BCUT2D eigenvalue weighted by Crippen LogP contribution is 1.99. The van der Waals surface area contributed by atoms with E-state index in [4.69, 9.17) is 0 Å². The zero-order chi connectivity index (χ0) is 9.84. The normalized spacial score (nSPS) is 13.2. The Balaban J connectivity index is 2.69. The SMILES string of the molecule is C[C@H](Cc1ncc(F)cn1)[SH](=O)=O. The molecule has 0 amide bonds. The largest absolute Gasteiger partial charge is 0.238 e. The van der Waals surface area contributed by atoms with Crippen LogP contribution in [0.5, 0.6) is 0 Å². The summed E-state index contributed by atoms with van der Waals surface area (Å²) in [5.74, 6) is -0.184. The molecule has 0 aliphatic rings. The van der Waals surface area contributed by atoms with Crippen LogP contribution in [0.2, 0.25) is 0 Å². The van der Waals surface area contributed by atoms with E-state index in [9.17, 15) is 12.8 Å². The van der Waals surface area contributed by atoms with Gasteiger partial charge in [0.25, 0.3) is 0 Å². The van der Waals surface area contributed by atoms with E-state index >= 15 is 0 Å². The molecule has 0 saturated heterocycles. The lowest BCUT2D eigenvalue weighted by atomic mass is 10.3. The van der Waals surface area contributed by atoms with Gasteiger partial charge in [-0.2, -0.15) is 0 Å². The van der Waals surface area contributed by atoms with Crippen molar-refractivity contribution in [2.75, 3.05) is 0 Å². The van der Waals surface area contributed by atoms with Crippen molar-refractivity contribution in [3.05, 3.63) is 24.0 Å². The second-order valence-corrected chi connectivity index (χ2v) is 4.11. The molecular formula is C7H9FN2O2S. The minimum Gasteiger partial charge on any atom is -0.238 e. The topological polar surface area (TPSA) is 59.9 Å².